The van der Waals surface area contributed by atoms with Crippen molar-refractivity contribution in [3.63, 3.8) is 0 Å². The first-order chi connectivity index (χ1) is 15.5. The number of hydrogen-bond acceptors (Lipinski definition) is 7. The molecule has 3 aromatic heterocycles. The molecule has 0 spiro atoms. The second-order valence-corrected chi connectivity index (χ2v) is 7.09. The highest BCUT2D eigenvalue weighted by Crippen LogP contribution is 2.32. The number of methoxy groups -OCH3 is 2. The minimum Gasteiger partial charge on any atom is -0.497 e. The molecule has 166 valence electrons. The van der Waals surface area contributed by atoms with E-state index in [1.165, 1.54) is 26.4 Å². The molecule has 10 heteroatoms. The van der Waals surface area contributed by atoms with E-state index in [0.717, 1.165) is 5.56 Å². The van der Waals surface area contributed by atoms with Crippen LogP contribution in [0.5, 0.6) is 11.5 Å². The average molecular weight is 437 g/mol. The number of benzene rings is 1. The molecule has 0 fully saturated rings. The van der Waals surface area contributed by atoms with Gasteiger partial charge in [-0.15, -0.1) is 0 Å². The minimum absolute atomic E-state index is 0.0596. The molecule has 0 unspecified atom stereocenters. The molecule has 0 aliphatic rings. The molecular weight excluding hydrogens is 413 g/mol. The van der Waals surface area contributed by atoms with Crippen molar-refractivity contribution < 1.29 is 13.9 Å². The summed E-state index contributed by atoms with van der Waals surface area (Å²) >= 11 is 0. The van der Waals surface area contributed by atoms with E-state index in [-0.39, 0.29) is 11.4 Å². The van der Waals surface area contributed by atoms with E-state index in [9.17, 15) is 4.39 Å². The van der Waals surface area contributed by atoms with Crippen LogP contribution >= 0.6 is 0 Å². The fourth-order valence-corrected chi connectivity index (χ4v) is 3.32. The first-order valence-corrected chi connectivity index (χ1v) is 10.0. The molecule has 0 saturated heterocycles. The molecule has 0 atom stereocenters. The van der Waals surface area contributed by atoms with Gasteiger partial charge >= 0.3 is 0 Å². The molecule has 9 nitrogen and oxygen atoms in total. The Balaban J connectivity index is 1.95. The Morgan fingerprint density at radius 1 is 1.16 bits per heavy atom. The SMILES string of the molecule is CNCCn1c(=Nc2cc(OC)cc(OC)c2F)ccc2ncc(-c3cnn(C)c3)nc21. The molecular formula is C22H24FN7O2. The molecule has 0 aliphatic heterocycles. The second kappa shape index (κ2) is 9.15. The number of aryl methyl sites for hydroxylation is 1. The van der Waals surface area contributed by atoms with Crippen molar-refractivity contribution in [2.75, 3.05) is 27.8 Å². The van der Waals surface area contributed by atoms with Crippen LogP contribution in [-0.4, -0.2) is 52.1 Å². The van der Waals surface area contributed by atoms with Gasteiger partial charge in [-0.3, -0.25) is 9.67 Å². The number of nitrogens with one attached hydrogen (secondary N) is 1. The van der Waals surface area contributed by atoms with Gasteiger partial charge in [0, 0.05) is 44.0 Å². The number of halogens is 1. The summed E-state index contributed by atoms with van der Waals surface area (Å²) in [5, 5.41) is 7.34. The third-order valence-electron chi connectivity index (χ3n) is 4.97. The largest absolute Gasteiger partial charge is 0.497 e. The molecule has 32 heavy (non-hydrogen) atoms. The van der Waals surface area contributed by atoms with Crippen molar-refractivity contribution >= 4 is 16.9 Å². The topological polar surface area (TPSA) is 91.4 Å². The van der Waals surface area contributed by atoms with Gasteiger partial charge < -0.3 is 19.4 Å². The third kappa shape index (κ3) is 4.17. The van der Waals surface area contributed by atoms with Crippen LogP contribution in [-0.2, 0) is 13.6 Å². The number of hydrogen-bond donors (Lipinski definition) is 1. The Kier molecular flexibility index (Phi) is 6.13. The molecule has 1 N–H and O–H groups in total. The van der Waals surface area contributed by atoms with E-state index in [1.807, 2.05) is 30.9 Å². The normalized spacial score (nSPS) is 11.8. The highest BCUT2D eigenvalue weighted by molar-refractivity contribution is 5.73. The lowest BCUT2D eigenvalue weighted by Crippen LogP contribution is -2.27. The van der Waals surface area contributed by atoms with Crippen molar-refractivity contribution in [2.45, 2.75) is 6.54 Å². The van der Waals surface area contributed by atoms with Crippen LogP contribution in [0.4, 0.5) is 10.1 Å². The molecule has 0 aliphatic carbocycles. The van der Waals surface area contributed by atoms with Gasteiger partial charge in [0.25, 0.3) is 0 Å². The number of ether oxygens (including phenoxy) is 2. The summed E-state index contributed by atoms with van der Waals surface area (Å²) in [7, 11) is 6.62. The number of likely N-dealkylation sites (N-methyl/N-ethyl adjacent to an activating group) is 1. The van der Waals surface area contributed by atoms with Gasteiger partial charge in [0.1, 0.15) is 22.4 Å². The Morgan fingerprint density at radius 3 is 2.69 bits per heavy atom. The lowest BCUT2D eigenvalue weighted by molar-refractivity contribution is 0.374. The summed E-state index contributed by atoms with van der Waals surface area (Å²) in [5.74, 6) is -0.0590. The molecule has 4 rings (SSSR count). The Bertz CT molecular complexity index is 1330. The van der Waals surface area contributed by atoms with Gasteiger partial charge in [-0.05, 0) is 19.2 Å². The minimum atomic E-state index is -0.566. The maximum absolute atomic E-state index is 14.9. The van der Waals surface area contributed by atoms with E-state index in [1.54, 1.807) is 23.1 Å². The van der Waals surface area contributed by atoms with Crippen LogP contribution in [0.3, 0.4) is 0 Å². The summed E-state index contributed by atoms with van der Waals surface area (Å²) in [4.78, 5) is 14.0. The van der Waals surface area contributed by atoms with E-state index in [4.69, 9.17) is 14.5 Å². The van der Waals surface area contributed by atoms with Crippen LogP contribution in [0.1, 0.15) is 0 Å². The lowest BCUT2D eigenvalue weighted by atomic mass is 10.2. The maximum atomic E-state index is 14.9. The summed E-state index contributed by atoms with van der Waals surface area (Å²) in [6, 6.07) is 6.62. The Morgan fingerprint density at radius 2 is 2.00 bits per heavy atom. The van der Waals surface area contributed by atoms with Crippen molar-refractivity contribution in [1.29, 1.82) is 0 Å². The van der Waals surface area contributed by atoms with Gasteiger partial charge in [0.05, 0.1) is 32.3 Å². The van der Waals surface area contributed by atoms with Crippen molar-refractivity contribution in [3.05, 3.63) is 54.2 Å². The van der Waals surface area contributed by atoms with Crippen molar-refractivity contribution in [3.8, 4) is 22.8 Å². The predicted molar refractivity (Wildman–Crippen MR) is 118 cm³/mol. The third-order valence-corrected chi connectivity index (χ3v) is 4.97. The summed E-state index contributed by atoms with van der Waals surface area (Å²) in [6.45, 7) is 1.22. The molecule has 0 bridgehead atoms. The molecule has 4 aromatic rings. The zero-order valence-corrected chi connectivity index (χ0v) is 18.3. The zero-order valence-electron chi connectivity index (χ0n) is 18.3. The highest BCUT2D eigenvalue weighted by Gasteiger charge is 2.13. The number of nitrogens with zero attached hydrogens (tertiary/aromatic N) is 6. The predicted octanol–water partition coefficient (Wildman–Crippen LogP) is 2.44. The zero-order chi connectivity index (χ0) is 22.7. The molecule has 0 saturated carbocycles. The van der Waals surface area contributed by atoms with Crippen molar-refractivity contribution in [2.24, 2.45) is 12.0 Å². The van der Waals surface area contributed by atoms with E-state index in [2.05, 4.69) is 20.4 Å². The van der Waals surface area contributed by atoms with E-state index >= 15 is 0 Å². The standard InChI is InChI=1S/C22H24FN7O2/c1-24-7-8-30-20(27-17-9-15(31-3)10-19(32-4)21(17)23)6-5-16-22(30)28-18(12-25-16)14-11-26-29(2)13-14/h5-6,9-13,24H,7-8H2,1-4H3. The van der Waals surface area contributed by atoms with E-state index < -0.39 is 5.82 Å². The quantitative estimate of drug-likeness (QED) is 0.478. The number of aromatic nitrogens is 5. The van der Waals surface area contributed by atoms with Gasteiger partial charge in [0.2, 0.25) is 0 Å². The first kappa shape index (κ1) is 21.4. The van der Waals surface area contributed by atoms with Gasteiger partial charge in [-0.2, -0.15) is 5.10 Å². The van der Waals surface area contributed by atoms with Crippen LogP contribution in [0.15, 0.2) is 47.8 Å². The average Bonchev–Trinajstić information content (AvgIpc) is 3.25. The molecule has 1 aromatic carbocycles. The fourth-order valence-electron chi connectivity index (χ4n) is 3.32. The summed E-state index contributed by atoms with van der Waals surface area (Å²) in [5.41, 5.74) is 3.52. The Labute approximate surface area is 184 Å². The van der Waals surface area contributed by atoms with Gasteiger partial charge in [-0.1, -0.05) is 0 Å². The maximum Gasteiger partial charge on any atom is 0.190 e. The summed E-state index contributed by atoms with van der Waals surface area (Å²) < 4.78 is 28.9. The number of rotatable bonds is 7. The monoisotopic (exact) mass is 437 g/mol. The van der Waals surface area contributed by atoms with Crippen LogP contribution < -0.4 is 20.3 Å². The summed E-state index contributed by atoms with van der Waals surface area (Å²) in [6.07, 6.45) is 5.32. The lowest BCUT2D eigenvalue weighted by Gasteiger charge is -2.12. The number of pyridine rings is 1. The number of fused-ring (bicyclic) bond motifs is 1. The highest BCUT2D eigenvalue weighted by atomic mass is 19.1. The fraction of sp³-hybridized carbons (Fsp3) is 0.273. The first-order valence-electron chi connectivity index (χ1n) is 10.0. The van der Waals surface area contributed by atoms with Gasteiger partial charge in [-0.25, -0.2) is 14.4 Å². The molecule has 0 amide bonds. The van der Waals surface area contributed by atoms with E-state index in [0.29, 0.717) is 41.2 Å². The second-order valence-electron chi connectivity index (χ2n) is 7.09. The van der Waals surface area contributed by atoms with Crippen LogP contribution in [0.2, 0.25) is 0 Å². The Hall–Kier alpha value is -3.79. The molecule has 3 heterocycles. The van der Waals surface area contributed by atoms with Crippen LogP contribution in [0.25, 0.3) is 22.4 Å². The van der Waals surface area contributed by atoms with Crippen molar-refractivity contribution in [1.82, 2.24) is 29.6 Å². The van der Waals surface area contributed by atoms with Gasteiger partial charge in [0.15, 0.2) is 17.2 Å². The smallest absolute Gasteiger partial charge is 0.190 e. The molecule has 0 radical (unpaired) electrons. The van der Waals surface area contributed by atoms with Crippen LogP contribution in [0, 0.1) is 5.82 Å².